The van der Waals surface area contributed by atoms with Crippen molar-refractivity contribution >= 4 is 0 Å². The minimum absolute atomic E-state index is 0.285. The third-order valence-electron chi connectivity index (χ3n) is 3.24. The largest absolute Gasteiger partial charge is 0.385 e. The smallest absolute Gasteiger partial charge is 0.0462 e. The lowest BCUT2D eigenvalue weighted by Gasteiger charge is -2.69. The Bertz CT molecular complexity index is 147. The van der Waals surface area contributed by atoms with E-state index in [-0.39, 0.29) is 5.54 Å². The maximum Gasteiger partial charge on any atom is 0.0462 e. The zero-order chi connectivity index (χ0) is 7.95. The Kier molecular flexibility index (Phi) is 1.52. The Labute approximate surface area is 68.1 Å². The van der Waals surface area contributed by atoms with Crippen molar-refractivity contribution in [3.8, 4) is 0 Å². The maximum atomic E-state index is 5.95. The summed E-state index contributed by atoms with van der Waals surface area (Å²) in [6.45, 7) is 0.916. The van der Waals surface area contributed by atoms with Crippen LogP contribution in [0.3, 0.4) is 0 Å². The normalized spacial score (nSPS) is 46.4. The molecule has 0 unspecified atom stereocenters. The van der Waals surface area contributed by atoms with Crippen LogP contribution in [-0.4, -0.2) is 19.3 Å². The van der Waals surface area contributed by atoms with Gasteiger partial charge in [-0.25, -0.2) is 0 Å². The van der Waals surface area contributed by atoms with Crippen LogP contribution in [0.25, 0.3) is 0 Å². The Morgan fingerprint density at radius 1 is 1.36 bits per heavy atom. The van der Waals surface area contributed by atoms with Crippen LogP contribution >= 0.6 is 0 Å². The lowest BCUT2D eigenvalue weighted by molar-refractivity contribution is -0.138. The number of nitrogens with two attached hydrogens (primary N) is 1. The second-order valence-electron chi connectivity index (χ2n) is 4.49. The zero-order valence-electron chi connectivity index (χ0n) is 7.23. The van der Waals surface area contributed by atoms with Gasteiger partial charge in [-0.3, -0.25) is 0 Å². The van der Waals surface area contributed by atoms with Crippen molar-refractivity contribution in [1.29, 1.82) is 0 Å². The fraction of sp³-hybridized carbons (Fsp3) is 1.00. The highest BCUT2D eigenvalue weighted by Crippen LogP contribution is 2.67. The van der Waals surface area contributed by atoms with Gasteiger partial charge in [-0.05, 0) is 37.5 Å². The van der Waals surface area contributed by atoms with Crippen LogP contribution in [0.5, 0.6) is 0 Å². The minimum Gasteiger partial charge on any atom is -0.385 e. The molecule has 3 rings (SSSR count). The summed E-state index contributed by atoms with van der Waals surface area (Å²) >= 11 is 0. The van der Waals surface area contributed by atoms with Gasteiger partial charge in [-0.2, -0.15) is 0 Å². The average Bonchev–Trinajstić information content (AvgIpc) is 1.82. The second kappa shape index (κ2) is 2.20. The van der Waals surface area contributed by atoms with Crippen molar-refractivity contribution in [3.63, 3.8) is 0 Å². The first kappa shape index (κ1) is 7.56. The molecule has 0 heterocycles. The molecule has 0 atom stereocenters. The van der Waals surface area contributed by atoms with Gasteiger partial charge in [0.15, 0.2) is 0 Å². The van der Waals surface area contributed by atoms with Crippen molar-refractivity contribution in [3.05, 3.63) is 0 Å². The molecular formula is C9H17NO. The summed E-state index contributed by atoms with van der Waals surface area (Å²) < 4.78 is 5.02. The minimum atomic E-state index is 0.285. The highest BCUT2D eigenvalue weighted by molar-refractivity contribution is 5.21. The highest BCUT2D eigenvalue weighted by Gasteiger charge is 2.64. The zero-order valence-corrected chi connectivity index (χ0v) is 7.23. The molecule has 0 amide bonds. The average molecular weight is 155 g/mol. The number of methoxy groups -OCH3 is 1. The summed E-state index contributed by atoms with van der Waals surface area (Å²) in [5.74, 6) is 0. The van der Waals surface area contributed by atoms with Crippen LogP contribution in [-0.2, 0) is 4.74 Å². The quantitative estimate of drug-likeness (QED) is 0.621. The van der Waals surface area contributed by atoms with Crippen LogP contribution < -0.4 is 5.73 Å². The SMILES string of the molecule is COCCCC12CC(N)(C1)C2. The number of hydrogen-bond donors (Lipinski definition) is 1. The van der Waals surface area contributed by atoms with E-state index < -0.39 is 0 Å². The number of hydrogen-bond acceptors (Lipinski definition) is 2. The van der Waals surface area contributed by atoms with Gasteiger partial charge in [0.2, 0.25) is 0 Å². The number of ether oxygens (including phenoxy) is 1. The predicted octanol–water partition coefficient (Wildman–Crippen LogP) is 1.29. The summed E-state index contributed by atoms with van der Waals surface area (Å²) in [7, 11) is 1.77. The summed E-state index contributed by atoms with van der Waals surface area (Å²) in [6.07, 6.45) is 6.39. The van der Waals surface area contributed by atoms with E-state index in [1.54, 1.807) is 7.11 Å². The van der Waals surface area contributed by atoms with Crippen molar-refractivity contribution in [2.24, 2.45) is 11.1 Å². The predicted molar refractivity (Wildman–Crippen MR) is 44.3 cm³/mol. The summed E-state index contributed by atoms with van der Waals surface area (Å²) in [5, 5.41) is 0. The van der Waals surface area contributed by atoms with Crippen LogP contribution in [0.15, 0.2) is 0 Å². The van der Waals surface area contributed by atoms with Crippen molar-refractivity contribution in [1.82, 2.24) is 0 Å². The van der Waals surface area contributed by atoms with Crippen molar-refractivity contribution in [2.45, 2.75) is 37.6 Å². The standard InChI is InChI=1S/C9H17NO/c1-11-4-2-3-8-5-9(10,6-8)7-8/h2-7,10H2,1H3. The maximum absolute atomic E-state index is 5.95. The topological polar surface area (TPSA) is 35.2 Å². The molecule has 11 heavy (non-hydrogen) atoms. The molecule has 64 valence electrons. The van der Waals surface area contributed by atoms with Gasteiger partial charge in [0, 0.05) is 19.3 Å². The van der Waals surface area contributed by atoms with Gasteiger partial charge in [0.05, 0.1) is 0 Å². The molecule has 3 aliphatic carbocycles. The molecule has 2 nitrogen and oxygen atoms in total. The van der Waals surface area contributed by atoms with E-state index in [1.165, 1.54) is 32.1 Å². The summed E-state index contributed by atoms with van der Waals surface area (Å²) in [4.78, 5) is 0. The van der Waals surface area contributed by atoms with E-state index in [4.69, 9.17) is 10.5 Å². The molecular weight excluding hydrogens is 138 g/mol. The van der Waals surface area contributed by atoms with Gasteiger partial charge in [-0.15, -0.1) is 0 Å². The Morgan fingerprint density at radius 3 is 2.45 bits per heavy atom. The van der Waals surface area contributed by atoms with Crippen LogP contribution in [0.1, 0.15) is 32.1 Å². The van der Waals surface area contributed by atoms with E-state index >= 15 is 0 Å². The molecule has 0 aromatic rings. The fourth-order valence-corrected chi connectivity index (χ4v) is 2.94. The van der Waals surface area contributed by atoms with Crippen molar-refractivity contribution < 1.29 is 4.74 Å². The fourth-order valence-electron chi connectivity index (χ4n) is 2.94. The van der Waals surface area contributed by atoms with E-state index in [9.17, 15) is 0 Å². The van der Waals surface area contributed by atoms with Crippen LogP contribution in [0.2, 0.25) is 0 Å². The molecule has 0 radical (unpaired) electrons. The molecule has 2 heteroatoms. The van der Waals surface area contributed by atoms with Gasteiger partial charge in [-0.1, -0.05) is 0 Å². The van der Waals surface area contributed by atoms with Crippen molar-refractivity contribution in [2.75, 3.05) is 13.7 Å². The van der Waals surface area contributed by atoms with Gasteiger partial charge < -0.3 is 10.5 Å². The first-order chi connectivity index (χ1) is 5.18. The van der Waals surface area contributed by atoms with Gasteiger partial charge >= 0.3 is 0 Å². The monoisotopic (exact) mass is 155 g/mol. The Hall–Kier alpha value is -0.0800. The highest BCUT2D eigenvalue weighted by atomic mass is 16.5. The molecule has 2 bridgehead atoms. The van der Waals surface area contributed by atoms with E-state index in [0.29, 0.717) is 5.41 Å². The van der Waals surface area contributed by atoms with Gasteiger partial charge in [0.1, 0.15) is 0 Å². The molecule has 0 aliphatic heterocycles. The molecule has 3 saturated carbocycles. The van der Waals surface area contributed by atoms with E-state index in [0.717, 1.165) is 6.61 Å². The lowest BCUT2D eigenvalue weighted by Crippen LogP contribution is -2.71. The molecule has 3 fully saturated rings. The first-order valence-corrected chi connectivity index (χ1v) is 4.46. The molecule has 3 aliphatic rings. The molecule has 2 N–H and O–H groups in total. The summed E-state index contributed by atoms with van der Waals surface area (Å²) in [6, 6.07) is 0. The molecule has 0 saturated heterocycles. The van der Waals surface area contributed by atoms with Crippen LogP contribution in [0, 0.1) is 5.41 Å². The number of rotatable bonds is 4. The third-order valence-corrected chi connectivity index (χ3v) is 3.24. The Balaban J connectivity index is 1.66. The lowest BCUT2D eigenvalue weighted by atomic mass is 9.39. The summed E-state index contributed by atoms with van der Waals surface area (Å²) in [5.41, 5.74) is 6.90. The second-order valence-corrected chi connectivity index (χ2v) is 4.49. The van der Waals surface area contributed by atoms with Gasteiger partial charge in [0.25, 0.3) is 0 Å². The molecule has 0 aromatic carbocycles. The van der Waals surface area contributed by atoms with E-state index in [1.807, 2.05) is 0 Å². The molecule has 0 aromatic heterocycles. The van der Waals surface area contributed by atoms with E-state index in [2.05, 4.69) is 0 Å². The molecule has 0 spiro atoms. The first-order valence-electron chi connectivity index (χ1n) is 4.46. The Morgan fingerprint density at radius 2 is 2.00 bits per heavy atom. The van der Waals surface area contributed by atoms with Crippen LogP contribution in [0.4, 0.5) is 0 Å². The third kappa shape index (κ3) is 1.09.